The summed E-state index contributed by atoms with van der Waals surface area (Å²) in [5, 5.41) is 8.35. The Labute approximate surface area is 93.3 Å². The molecule has 5 nitrogen and oxygen atoms in total. The van der Waals surface area contributed by atoms with Gasteiger partial charge < -0.3 is 5.73 Å². The van der Waals surface area contributed by atoms with Crippen LogP contribution in [0.3, 0.4) is 0 Å². The molecule has 1 aliphatic carbocycles. The summed E-state index contributed by atoms with van der Waals surface area (Å²) in [5.41, 5.74) is 7.96. The fourth-order valence-electron chi connectivity index (χ4n) is 2.10. The normalized spacial score (nSPS) is 14.8. The summed E-state index contributed by atoms with van der Waals surface area (Å²) in [7, 11) is 0. The summed E-state index contributed by atoms with van der Waals surface area (Å²) in [4.78, 5) is 4.26. The molecule has 5 heteroatoms. The topological polar surface area (TPSA) is 69.6 Å². The molecule has 1 aliphatic rings. The van der Waals surface area contributed by atoms with Crippen molar-refractivity contribution in [2.75, 3.05) is 5.73 Å². The molecule has 0 radical (unpaired) electrons. The first kappa shape index (κ1) is 9.33. The number of aromatic nitrogens is 4. The van der Waals surface area contributed by atoms with Crippen LogP contribution in [0.5, 0.6) is 0 Å². The second-order valence-electron chi connectivity index (χ2n) is 4.02. The highest BCUT2D eigenvalue weighted by atomic mass is 15.5. The third-order valence-electron chi connectivity index (χ3n) is 2.89. The van der Waals surface area contributed by atoms with Gasteiger partial charge in [-0.2, -0.15) is 4.68 Å². The van der Waals surface area contributed by atoms with Gasteiger partial charge in [0.2, 0.25) is 0 Å². The van der Waals surface area contributed by atoms with Crippen molar-refractivity contribution in [2.45, 2.75) is 25.7 Å². The molecule has 0 aliphatic heterocycles. The van der Waals surface area contributed by atoms with E-state index >= 15 is 0 Å². The first-order valence-electron chi connectivity index (χ1n) is 5.51. The number of fused-ring (bicyclic) bond motifs is 1. The summed E-state index contributed by atoms with van der Waals surface area (Å²) >= 11 is 0. The van der Waals surface area contributed by atoms with Gasteiger partial charge in [-0.3, -0.25) is 0 Å². The molecule has 0 saturated carbocycles. The Balaban J connectivity index is 2.09. The molecule has 0 amide bonds. The molecule has 0 unspecified atom stereocenters. The predicted molar refractivity (Wildman–Crippen MR) is 60.2 cm³/mol. The lowest BCUT2D eigenvalue weighted by atomic mass is 10.0. The summed E-state index contributed by atoms with van der Waals surface area (Å²) in [6.45, 7) is 0. The first-order chi connectivity index (χ1) is 7.84. The van der Waals surface area contributed by atoms with E-state index in [0.717, 1.165) is 24.4 Å². The van der Waals surface area contributed by atoms with Crippen LogP contribution in [0.4, 0.5) is 5.82 Å². The van der Waals surface area contributed by atoms with E-state index in [1.807, 2.05) is 16.8 Å². The molecule has 0 fully saturated rings. The van der Waals surface area contributed by atoms with Crippen LogP contribution >= 0.6 is 0 Å². The fourth-order valence-corrected chi connectivity index (χ4v) is 2.10. The number of pyridine rings is 1. The Hall–Kier alpha value is -1.91. The minimum atomic E-state index is 0.512. The molecular weight excluding hydrogens is 202 g/mol. The van der Waals surface area contributed by atoms with Crippen LogP contribution in [0.1, 0.15) is 24.2 Å². The molecule has 0 bridgehead atoms. The van der Waals surface area contributed by atoms with E-state index in [-0.39, 0.29) is 0 Å². The van der Waals surface area contributed by atoms with Crippen LogP contribution in [-0.2, 0) is 12.8 Å². The van der Waals surface area contributed by atoms with Crippen molar-refractivity contribution < 1.29 is 0 Å². The van der Waals surface area contributed by atoms with Gasteiger partial charge in [-0.1, -0.05) is 11.3 Å². The van der Waals surface area contributed by atoms with E-state index in [0.29, 0.717) is 5.82 Å². The average molecular weight is 215 g/mol. The lowest BCUT2D eigenvalue weighted by molar-refractivity contribution is 0.649. The highest BCUT2D eigenvalue weighted by molar-refractivity contribution is 5.36. The van der Waals surface area contributed by atoms with Crippen LogP contribution in [0.2, 0.25) is 0 Å². The summed E-state index contributed by atoms with van der Waals surface area (Å²) in [5.74, 6) is 1.27. The maximum Gasteiger partial charge on any atom is 0.157 e. The largest absolute Gasteiger partial charge is 0.384 e. The zero-order valence-corrected chi connectivity index (χ0v) is 8.93. The second kappa shape index (κ2) is 3.59. The Kier molecular flexibility index (Phi) is 2.09. The van der Waals surface area contributed by atoms with Gasteiger partial charge in [-0.15, -0.1) is 5.10 Å². The van der Waals surface area contributed by atoms with Gasteiger partial charge in [-0.25, -0.2) is 4.98 Å². The number of hydrogen-bond donors (Lipinski definition) is 1. The van der Waals surface area contributed by atoms with Crippen molar-refractivity contribution in [1.29, 1.82) is 0 Å². The number of anilines is 1. The molecule has 0 saturated heterocycles. The van der Waals surface area contributed by atoms with Crippen molar-refractivity contribution in [3.05, 3.63) is 29.6 Å². The quantitative estimate of drug-likeness (QED) is 0.774. The maximum atomic E-state index is 5.67. The van der Waals surface area contributed by atoms with Gasteiger partial charge in [0.15, 0.2) is 5.82 Å². The molecule has 2 heterocycles. The van der Waals surface area contributed by atoms with Crippen molar-refractivity contribution in [2.24, 2.45) is 0 Å². The lowest BCUT2D eigenvalue weighted by Gasteiger charge is -2.11. The van der Waals surface area contributed by atoms with E-state index in [2.05, 4.69) is 15.3 Å². The maximum absolute atomic E-state index is 5.67. The van der Waals surface area contributed by atoms with Crippen LogP contribution in [-0.4, -0.2) is 20.0 Å². The van der Waals surface area contributed by atoms with E-state index in [4.69, 9.17) is 5.73 Å². The summed E-state index contributed by atoms with van der Waals surface area (Å²) in [6.07, 6.45) is 4.45. The van der Waals surface area contributed by atoms with Crippen molar-refractivity contribution in [3.8, 4) is 5.82 Å². The highest BCUT2D eigenvalue weighted by Crippen LogP contribution is 2.20. The molecule has 0 atom stereocenters. The zero-order chi connectivity index (χ0) is 11.0. The Bertz CT molecular complexity index is 517. The molecule has 2 N–H and O–H groups in total. The van der Waals surface area contributed by atoms with Gasteiger partial charge in [0, 0.05) is 0 Å². The monoisotopic (exact) mass is 215 g/mol. The highest BCUT2D eigenvalue weighted by Gasteiger charge is 2.18. The molecule has 3 rings (SSSR count). The first-order valence-corrected chi connectivity index (χ1v) is 5.51. The van der Waals surface area contributed by atoms with E-state index in [1.54, 1.807) is 6.07 Å². The lowest BCUT2D eigenvalue weighted by Crippen LogP contribution is -2.09. The third kappa shape index (κ3) is 1.44. The van der Waals surface area contributed by atoms with Gasteiger partial charge in [0.05, 0.1) is 11.4 Å². The molecule has 16 heavy (non-hydrogen) atoms. The minimum Gasteiger partial charge on any atom is -0.384 e. The molecule has 82 valence electrons. The van der Waals surface area contributed by atoms with E-state index in [1.165, 1.54) is 18.5 Å². The molecule has 2 aromatic heterocycles. The molecule has 0 aromatic carbocycles. The standard InChI is InChI=1S/C11H13N5/c12-10-6-3-7-11(13-10)16-9-5-2-1-4-8(9)14-15-16/h3,6-7H,1-2,4-5H2,(H2,12,13). The van der Waals surface area contributed by atoms with E-state index < -0.39 is 0 Å². The predicted octanol–water partition coefficient (Wildman–Crippen LogP) is 1.12. The van der Waals surface area contributed by atoms with Crippen LogP contribution < -0.4 is 5.73 Å². The minimum absolute atomic E-state index is 0.512. The molecule has 2 aromatic rings. The number of aryl methyl sites for hydroxylation is 1. The van der Waals surface area contributed by atoms with Gasteiger partial charge in [-0.05, 0) is 37.8 Å². The Morgan fingerprint density at radius 1 is 1.19 bits per heavy atom. The smallest absolute Gasteiger partial charge is 0.157 e. The molecular formula is C11H13N5. The van der Waals surface area contributed by atoms with Crippen molar-refractivity contribution >= 4 is 5.82 Å². The fraction of sp³-hybridized carbons (Fsp3) is 0.364. The Morgan fingerprint density at radius 2 is 2.06 bits per heavy atom. The number of hydrogen-bond acceptors (Lipinski definition) is 4. The zero-order valence-electron chi connectivity index (χ0n) is 8.93. The number of rotatable bonds is 1. The summed E-state index contributed by atoms with van der Waals surface area (Å²) in [6, 6.07) is 5.56. The van der Waals surface area contributed by atoms with Gasteiger partial charge in [0.1, 0.15) is 5.82 Å². The van der Waals surface area contributed by atoms with E-state index in [9.17, 15) is 0 Å². The van der Waals surface area contributed by atoms with Crippen LogP contribution in [0, 0.1) is 0 Å². The second-order valence-corrected chi connectivity index (χ2v) is 4.02. The number of nitrogen functional groups attached to an aromatic ring is 1. The van der Waals surface area contributed by atoms with Crippen LogP contribution in [0.15, 0.2) is 18.2 Å². The Morgan fingerprint density at radius 3 is 2.94 bits per heavy atom. The SMILES string of the molecule is Nc1cccc(-n2nnc3c2CCCC3)n1. The van der Waals surface area contributed by atoms with Gasteiger partial charge in [0.25, 0.3) is 0 Å². The van der Waals surface area contributed by atoms with Gasteiger partial charge >= 0.3 is 0 Å². The van der Waals surface area contributed by atoms with Crippen LogP contribution in [0.25, 0.3) is 5.82 Å². The average Bonchev–Trinajstić information content (AvgIpc) is 2.72. The van der Waals surface area contributed by atoms with Crippen molar-refractivity contribution in [3.63, 3.8) is 0 Å². The third-order valence-corrected chi connectivity index (χ3v) is 2.89. The van der Waals surface area contributed by atoms with Crippen molar-refractivity contribution in [1.82, 2.24) is 20.0 Å². The number of nitrogens with zero attached hydrogens (tertiary/aromatic N) is 4. The summed E-state index contributed by atoms with van der Waals surface area (Å²) < 4.78 is 1.81. The molecule has 0 spiro atoms. The number of nitrogens with two attached hydrogens (primary N) is 1.